The Bertz CT molecular complexity index is 1210. The fourth-order valence-electron chi connectivity index (χ4n) is 5.47. The Hall–Kier alpha value is -2.44. The van der Waals surface area contributed by atoms with Crippen molar-refractivity contribution in [3.63, 3.8) is 0 Å². The molecule has 1 spiro atoms. The lowest BCUT2D eigenvalue weighted by Crippen LogP contribution is -2.69. The molecule has 2 N–H and O–H groups in total. The number of hydrogen-bond donors (Lipinski definition) is 2. The van der Waals surface area contributed by atoms with Gasteiger partial charge in [0.25, 0.3) is 0 Å². The number of nitrogens with zero attached hydrogens (tertiary/aromatic N) is 3. The Labute approximate surface area is 216 Å². The summed E-state index contributed by atoms with van der Waals surface area (Å²) in [6, 6.07) is 2.44. The van der Waals surface area contributed by atoms with Gasteiger partial charge < -0.3 is 20.3 Å². The summed E-state index contributed by atoms with van der Waals surface area (Å²) >= 11 is 1.31. The Kier molecular flexibility index (Phi) is 6.86. The first-order chi connectivity index (χ1) is 17.5. The standard InChI is InChI=1S/C25H29F4N5O2S/c1-13-9-15(7-8-36-13)34-10-17-20(24(22(34)35)11-30-12-24)32-23(37-3)33-21(17)31-14(2)16-5-4-6-18(19(16)26)25(27,28)29/h4-6,13-15,30H,7-12H2,1-3H3,(H,31,32,33)/t13-,14-,15+/m1/s1. The second-order valence-electron chi connectivity index (χ2n) is 9.94. The number of carbonyl (C=O) groups is 1. The highest BCUT2D eigenvalue weighted by atomic mass is 32.2. The molecule has 3 aliphatic rings. The molecule has 4 heterocycles. The summed E-state index contributed by atoms with van der Waals surface area (Å²) in [6.07, 6.45) is -1.53. The van der Waals surface area contributed by atoms with E-state index in [1.807, 2.05) is 18.1 Å². The summed E-state index contributed by atoms with van der Waals surface area (Å²) in [5.41, 5.74) is -0.902. The average Bonchev–Trinajstić information content (AvgIpc) is 2.81. The monoisotopic (exact) mass is 539 g/mol. The van der Waals surface area contributed by atoms with Crippen LogP contribution < -0.4 is 10.6 Å². The van der Waals surface area contributed by atoms with E-state index in [1.54, 1.807) is 6.92 Å². The Morgan fingerprint density at radius 3 is 2.68 bits per heavy atom. The van der Waals surface area contributed by atoms with Crippen LogP contribution in [0, 0.1) is 5.82 Å². The third-order valence-electron chi connectivity index (χ3n) is 7.53. The van der Waals surface area contributed by atoms with Crippen LogP contribution in [-0.2, 0) is 27.7 Å². The van der Waals surface area contributed by atoms with E-state index in [0.717, 1.165) is 11.6 Å². The van der Waals surface area contributed by atoms with Crippen LogP contribution in [0.25, 0.3) is 0 Å². The van der Waals surface area contributed by atoms with Crippen LogP contribution in [0.5, 0.6) is 0 Å². The number of aromatic nitrogens is 2. The second-order valence-corrected chi connectivity index (χ2v) is 10.7. The van der Waals surface area contributed by atoms with Crippen molar-refractivity contribution in [1.29, 1.82) is 0 Å². The van der Waals surface area contributed by atoms with Gasteiger partial charge in [-0.3, -0.25) is 4.79 Å². The molecule has 2 fully saturated rings. The van der Waals surface area contributed by atoms with Crippen molar-refractivity contribution in [2.75, 3.05) is 31.3 Å². The molecular formula is C25H29F4N5O2S. The molecule has 5 rings (SSSR count). The summed E-state index contributed by atoms with van der Waals surface area (Å²) in [5, 5.41) is 6.80. The summed E-state index contributed by atoms with van der Waals surface area (Å²) < 4.78 is 60.6. The number of anilines is 1. The molecule has 0 saturated carbocycles. The predicted octanol–water partition coefficient (Wildman–Crippen LogP) is 4.28. The van der Waals surface area contributed by atoms with Crippen LogP contribution in [0.1, 0.15) is 55.1 Å². The molecule has 2 saturated heterocycles. The zero-order valence-electron chi connectivity index (χ0n) is 20.8. The number of fused-ring (bicyclic) bond motifs is 2. The Morgan fingerprint density at radius 1 is 1.30 bits per heavy atom. The highest BCUT2D eigenvalue weighted by molar-refractivity contribution is 7.98. The van der Waals surface area contributed by atoms with E-state index in [4.69, 9.17) is 9.72 Å². The molecular weight excluding hydrogens is 510 g/mol. The maximum atomic E-state index is 14.9. The molecule has 200 valence electrons. The molecule has 1 amide bonds. The first-order valence-corrected chi connectivity index (χ1v) is 13.5. The average molecular weight is 540 g/mol. The minimum absolute atomic E-state index is 0.00622. The van der Waals surface area contributed by atoms with E-state index >= 15 is 0 Å². The molecule has 1 aromatic heterocycles. The third-order valence-corrected chi connectivity index (χ3v) is 8.07. The largest absolute Gasteiger partial charge is 0.419 e. The number of alkyl halides is 3. The lowest BCUT2D eigenvalue weighted by molar-refractivity contribution is -0.148. The maximum absolute atomic E-state index is 14.9. The van der Waals surface area contributed by atoms with Crippen molar-refractivity contribution < 1.29 is 27.1 Å². The molecule has 2 aromatic rings. The second kappa shape index (κ2) is 9.70. The van der Waals surface area contributed by atoms with Crippen LogP contribution >= 0.6 is 11.8 Å². The molecule has 3 atom stereocenters. The predicted molar refractivity (Wildman–Crippen MR) is 131 cm³/mol. The van der Waals surface area contributed by atoms with Crippen LogP contribution in [-0.4, -0.2) is 58.9 Å². The van der Waals surface area contributed by atoms with Gasteiger partial charge in [-0.2, -0.15) is 13.2 Å². The molecule has 1 aromatic carbocycles. The molecule has 3 aliphatic heterocycles. The van der Waals surface area contributed by atoms with Crippen molar-refractivity contribution >= 4 is 23.5 Å². The number of hydrogen-bond acceptors (Lipinski definition) is 7. The van der Waals surface area contributed by atoms with Gasteiger partial charge in [-0.15, -0.1) is 0 Å². The van der Waals surface area contributed by atoms with Crippen molar-refractivity contribution in [1.82, 2.24) is 20.2 Å². The van der Waals surface area contributed by atoms with E-state index in [9.17, 15) is 22.4 Å². The number of halogens is 4. The number of amides is 1. The molecule has 0 bridgehead atoms. The number of rotatable bonds is 5. The lowest BCUT2D eigenvalue weighted by Gasteiger charge is -2.50. The van der Waals surface area contributed by atoms with Gasteiger partial charge in [-0.05, 0) is 39.0 Å². The quantitative estimate of drug-likeness (QED) is 0.334. The third kappa shape index (κ3) is 4.57. The van der Waals surface area contributed by atoms with Crippen molar-refractivity contribution in [2.24, 2.45) is 0 Å². The van der Waals surface area contributed by atoms with E-state index in [0.29, 0.717) is 49.2 Å². The summed E-state index contributed by atoms with van der Waals surface area (Å²) in [5.74, 6) is -0.884. The van der Waals surface area contributed by atoms with Gasteiger partial charge in [0.15, 0.2) is 5.16 Å². The summed E-state index contributed by atoms with van der Waals surface area (Å²) in [4.78, 5) is 25.1. The van der Waals surface area contributed by atoms with Crippen LogP contribution in [0.4, 0.5) is 23.4 Å². The minimum Gasteiger partial charge on any atom is -0.378 e. The zero-order valence-corrected chi connectivity index (χ0v) is 21.6. The maximum Gasteiger partial charge on any atom is 0.419 e. The first-order valence-electron chi connectivity index (χ1n) is 12.3. The Balaban J connectivity index is 1.55. The molecule has 12 heteroatoms. The first kappa shape index (κ1) is 26.2. The van der Waals surface area contributed by atoms with Crippen molar-refractivity contribution in [3.8, 4) is 0 Å². The molecule has 37 heavy (non-hydrogen) atoms. The minimum atomic E-state index is -4.80. The highest BCUT2D eigenvalue weighted by Crippen LogP contribution is 2.43. The van der Waals surface area contributed by atoms with E-state index in [2.05, 4.69) is 15.6 Å². The zero-order chi connectivity index (χ0) is 26.5. The topological polar surface area (TPSA) is 79.4 Å². The van der Waals surface area contributed by atoms with Gasteiger partial charge >= 0.3 is 6.18 Å². The fourth-order valence-corrected chi connectivity index (χ4v) is 5.84. The summed E-state index contributed by atoms with van der Waals surface area (Å²) in [6.45, 7) is 5.29. The van der Waals surface area contributed by atoms with Crippen molar-refractivity contribution in [3.05, 3.63) is 46.4 Å². The van der Waals surface area contributed by atoms with Gasteiger partial charge in [-0.1, -0.05) is 23.9 Å². The fraction of sp³-hybridized carbons (Fsp3) is 0.560. The van der Waals surface area contributed by atoms with E-state index < -0.39 is 29.0 Å². The molecule has 0 radical (unpaired) electrons. The normalized spacial score (nSPS) is 24.0. The van der Waals surface area contributed by atoms with Gasteiger partial charge in [0.2, 0.25) is 5.91 Å². The highest BCUT2D eigenvalue weighted by Gasteiger charge is 2.55. The number of ether oxygens (including phenoxy) is 1. The number of nitrogens with one attached hydrogen (secondary N) is 2. The lowest BCUT2D eigenvalue weighted by atomic mass is 9.72. The molecule has 0 aliphatic carbocycles. The van der Waals surface area contributed by atoms with Gasteiger partial charge in [-0.25, -0.2) is 14.4 Å². The molecule has 7 nitrogen and oxygen atoms in total. The van der Waals surface area contributed by atoms with Crippen molar-refractivity contribution in [2.45, 2.75) is 68.2 Å². The van der Waals surface area contributed by atoms with E-state index in [-0.39, 0.29) is 30.2 Å². The van der Waals surface area contributed by atoms with Gasteiger partial charge in [0.05, 0.1) is 29.9 Å². The van der Waals surface area contributed by atoms with Crippen LogP contribution in [0.3, 0.4) is 0 Å². The van der Waals surface area contributed by atoms with Crippen LogP contribution in [0.15, 0.2) is 23.4 Å². The summed E-state index contributed by atoms with van der Waals surface area (Å²) in [7, 11) is 0. The van der Waals surface area contributed by atoms with Crippen LogP contribution in [0.2, 0.25) is 0 Å². The number of carbonyl (C=O) groups excluding carboxylic acids is 1. The number of thioether (sulfide) groups is 1. The van der Waals surface area contributed by atoms with Gasteiger partial charge in [0, 0.05) is 36.9 Å². The molecule has 0 unspecified atom stereocenters. The number of benzene rings is 1. The van der Waals surface area contributed by atoms with E-state index in [1.165, 1.54) is 23.9 Å². The smallest absolute Gasteiger partial charge is 0.378 e. The Morgan fingerprint density at radius 2 is 2.05 bits per heavy atom. The SMILES string of the molecule is CSc1nc(N[C@H](C)c2cccc(C(F)(F)F)c2F)c2c(n1)C1(CNC1)C(=O)N([C@H]1CCO[C@H](C)C1)C2. The van der Waals surface area contributed by atoms with Gasteiger partial charge in [0.1, 0.15) is 17.1 Å².